The molecule has 2 aromatic rings. The van der Waals surface area contributed by atoms with E-state index in [4.69, 9.17) is 4.74 Å². The van der Waals surface area contributed by atoms with Gasteiger partial charge in [0.15, 0.2) is 0 Å². The van der Waals surface area contributed by atoms with E-state index in [9.17, 15) is 9.59 Å². The Balaban J connectivity index is 1.60. The highest BCUT2D eigenvalue weighted by Gasteiger charge is 2.25. The van der Waals surface area contributed by atoms with Crippen LogP contribution in [0.4, 0.5) is 5.69 Å². The topological polar surface area (TPSA) is 70.7 Å². The molecule has 1 heterocycles. The molecule has 0 radical (unpaired) electrons. The first-order valence-corrected chi connectivity index (χ1v) is 10.5. The molecule has 0 saturated carbocycles. The van der Waals surface area contributed by atoms with Crippen molar-refractivity contribution in [3.05, 3.63) is 65.2 Å². The van der Waals surface area contributed by atoms with Crippen LogP contribution >= 0.6 is 0 Å². The molecule has 1 aliphatic rings. The molecule has 6 heteroatoms. The summed E-state index contributed by atoms with van der Waals surface area (Å²) in [5.41, 5.74) is 3.39. The fourth-order valence-electron chi connectivity index (χ4n) is 3.51. The second-order valence-corrected chi connectivity index (χ2v) is 8.08. The number of anilines is 1. The van der Waals surface area contributed by atoms with Gasteiger partial charge >= 0.3 is 0 Å². The van der Waals surface area contributed by atoms with Gasteiger partial charge in [-0.1, -0.05) is 44.2 Å². The minimum Gasteiger partial charge on any atom is -0.379 e. The number of nitrogens with zero attached hydrogens (tertiary/aromatic N) is 1. The lowest BCUT2D eigenvalue weighted by Crippen LogP contribution is -2.47. The number of nitrogens with one attached hydrogen (secondary N) is 2. The summed E-state index contributed by atoms with van der Waals surface area (Å²) >= 11 is 0. The van der Waals surface area contributed by atoms with Gasteiger partial charge in [0, 0.05) is 30.9 Å². The van der Waals surface area contributed by atoms with Crippen LogP contribution in [0.25, 0.3) is 0 Å². The fourth-order valence-corrected chi connectivity index (χ4v) is 3.51. The summed E-state index contributed by atoms with van der Waals surface area (Å²) < 4.78 is 5.38. The summed E-state index contributed by atoms with van der Waals surface area (Å²) in [6, 6.07) is 14.6. The summed E-state index contributed by atoms with van der Waals surface area (Å²) in [6.07, 6.45) is 0. The van der Waals surface area contributed by atoms with E-state index in [-0.39, 0.29) is 17.7 Å². The van der Waals surface area contributed by atoms with Gasteiger partial charge in [0.25, 0.3) is 5.91 Å². The third-order valence-electron chi connectivity index (χ3n) is 5.36. The Morgan fingerprint density at radius 1 is 1.03 bits per heavy atom. The Bertz CT molecular complexity index is 858. The molecule has 30 heavy (non-hydrogen) atoms. The molecule has 1 saturated heterocycles. The Morgan fingerprint density at radius 3 is 2.33 bits per heavy atom. The minimum absolute atomic E-state index is 0.0430. The molecule has 6 nitrogen and oxygen atoms in total. The maximum atomic E-state index is 12.9. The number of amides is 2. The molecule has 0 aromatic heterocycles. The molecular weight excluding hydrogens is 378 g/mol. The molecule has 1 atom stereocenters. The predicted octanol–water partition coefficient (Wildman–Crippen LogP) is 3.22. The van der Waals surface area contributed by atoms with Crippen LogP contribution in [0, 0.1) is 12.8 Å². The summed E-state index contributed by atoms with van der Waals surface area (Å²) in [5.74, 6) is -0.491. The molecule has 3 rings (SSSR count). The fraction of sp³-hybridized carbons (Fsp3) is 0.417. The third-order valence-corrected chi connectivity index (χ3v) is 5.36. The van der Waals surface area contributed by atoms with Gasteiger partial charge in [0.1, 0.15) is 6.04 Å². The summed E-state index contributed by atoms with van der Waals surface area (Å²) in [4.78, 5) is 27.9. The quantitative estimate of drug-likeness (QED) is 0.737. The number of carbonyl (C=O) groups excluding carboxylic acids is 2. The zero-order valence-corrected chi connectivity index (χ0v) is 18.0. The first-order valence-electron chi connectivity index (χ1n) is 10.5. The second kappa shape index (κ2) is 10.4. The van der Waals surface area contributed by atoms with Crippen molar-refractivity contribution in [2.24, 2.45) is 5.92 Å². The van der Waals surface area contributed by atoms with Crippen molar-refractivity contribution in [2.75, 3.05) is 31.6 Å². The molecule has 160 valence electrons. The number of aryl methyl sites for hydroxylation is 1. The molecule has 2 amide bonds. The Kier molecular flexibility index (Phi) is 7.60. The highest BCUT2D eigenvalue weighted by atomic mass is 16.5. The smallest absolute Gasteiger partial charge is 0.252 e. The van der Waals surface area contributed by atoms with E-state index >= 15 is 0 Å². The summed E-state index contributed by atoms with van der Waals surface area (Å²) in [5, 5.41) is 5.83. The number of rotatable bonds is 7. The highest BCUT2D eigenvalue weighted by Crippen LogP contribution is 2.15. The lowest BCUT2D eigenvalue weighted by Gasteiger charge is -2.26. The maximum Gasteiger partial charge on any atom is 0.252 e. The lowest BCUT2D eigenvalue weighted by atomic mass is 10.0. The van der Waals surface area contributed by atoms with Crippen LogP contribution in [0.1, 0.15) is 35.3 Å². The van der Waals surface area contributed by atoms with Crippen LogP contribution in [0.5, 0.6) is 0 Å². The average Bonchev–Trinajstić information content (AvgIpc) is 2.74. The molecule has 2 N–H and O–H groups in total. The number of morpholine rings is 1. The largest absolute Gasteiger partial charge is 0.379 e. The standard InChI is InChI=1S/C24H31N3O3/c1-17(2)22(26-23(28)21-7-5-4-6-18(21)3)24(29)25-20-10-8-19(9-11-20)16-27-12-14-30-15-13-27/h4-11,17,22H,12-16H2,1-3H3,(H,25,29)(H,26,28). The van der Waals surface area contributed by atoms with Gasteiger partial charge in [-0.15, -0.1) is 0 Å². The summed E-state index contributed by atoms with van der Waals surface area (Å²) in [6.45, 7) is 10.0. The van der Waals surface area contributed by atoms with Crippen LogP contribution in [-0.4, -0.2) is 49.1 Å². The maximum absolute atomic E-state index is 12.9. The third kappa shape index (κ3) is 5.90. The first kappa shape index (κ1) is 22.0. The van der Waals surface area contributed by atoms with E-state index in [2.05, 4.69) is 15.5 Å². The van der Waals surface area contributed by atoms with Crippen molar-refractivity contribution in [3.63, 3.8) is 0 Å². The van der Waals surface area contributed by atoms with E-state index in [0.29, 0.717) is 5.56 Å². The predicted molar refractivity (Wildman–Crippen MR) is 118 cm³/mol. The van der Waals surface area contributed by atoms with Gasteiger partial charge in [-0.2, -0.15) is 0 Å². The van der Waals surface area contributed by atoms with Crippen LogP contribution in [0.15, 0.2) is 48.5 Å². The molecule has 1 aliphatic heterocycles. The van der Waals surface area contributed by atoms with Crippen LogP contribution in [0.3, 0.4) is 0 Å². The van der Waals surface area contributed by atoms with E-state index in [1.54, 1.807) is 6.07 Å². The highest BCUT2D eigenvalue weighted by molar-refractivity contribution is 6.01. The lowest BCUT2D eigenvalue weighted by molar-refractivity contribution is -0.118. The van der Waals surface area contributed by atoms with Gasteiger partial charge in [-0.3, -0.25) is 14.5 Å². The number of carbonyl (C=O) groups is 2. The zero-order chi connectivity index (χ0) is 21.5. The molecule has 1 unspecified atom stereocenters. The van der Waals surface area contributed by atoms with E-state index in [1.807, 2.05) is 63.2 Å². The van der Waals surface area contributed by atoms with Gasteiger partial charge < -0.3 is 15.4 Å². The van der Waals surface area contributed by atoms with E-state index in [0.717, 1.165) is 44.1 Å². The first-order chi connectivity index (χ1) is 14.4. The van der Waals surface area contributed by atoms with Crippen molar-refractivity contribution < 1.29 is 14.3 Å². The number of hydrogen-bond acceptors (Lipinski definition) is 4. The monoisotopic (exact) mass is 409 g/mol. The normalized spacial score (nSPS) is 15.6. The SMILES string of the molecule is Cc1ccccc1C(=O)NC(C(=O)Nc1ccc(CN2CCOCC2)cc1)C(C)C. The molecule has 0 aliphatic carbocycles. The molecular formula is C24H31N3O3. The Hall–Kier alpha value is -2.70. The summed E-state index contributed by atoms with van der Waals surface area (Å²) in [7, 11) is 0. The minimum atomic E-state index is -0.620. The van der Waals surface area contributed by atoms with Gasteiger partial charge in [-0.25, -0.2) is 0 Å². The van der Waals surface area contributed by atoms with Crippen LogP contribution < -0.4 is 10.6 Å². The van der Waals surface area contributed by atoms with Crippen molar-refractivity contribution in [1.82, 2.24) is 10.2 Å². The van der Waals surface area contributed by atoms with Crippen molar-refractivity contribution >= 4 is 17.5 Å². The number of hydrogen-bond donors (Lipinski definition) is 2. The van der Waals surface area contributed by atoms with Crippen molar-refractivity contribution in [3.8, 4) is 0 Å². The van der Waals surface area contributed by atoms with Crippen molar-refractivity contribution in [2.45, 2.75) is 33.4 Å². The van der Waals surface area contributed by atoms with E-state index < -0.39 is 6.04 Å². The van der Waals surface area contributed by atoms with Crippen LogP contribution in [0.2, 0.25) is 0 Å². The number of ether oxygens (including phenoxy) is 1. The molecule has 2 aromatic carbocycles. The van der Waals surface area contributed by atoms with Gasteiger partial charge in [0.05, 0.1) is 13.2 Å². The number of benzene rings is 2. The van der Waals surface area contributed by atoms with E-state index in [1.165, 1.54) is 5.56 Å². The Labute approximate surface area is 178 Å². The van der Waals surface area contributed by atoms with Gasteiger partial charge in [-0.05, 0) is 42.2 Å². The Morgan fingerprint density at radius 2 is 1.70 bits per heavy atom. The zero-order valence-electron chi connectivity index (χ0n) is 18.0. The second-order valence-electron chi connectivity index (χ2n) is 8.08. The molecule has 0 bridgehead atoms. The van der Waals surface area contributed by atoms with Crippen LogP contribution in [-0.2, 0) is 16.1 Å². The molecule has 1 fully saturated rings. The van der Waals surface area contributed by atoms with Crippen molar-refractivity contribution in [1.29, 1.82) is 0 Å². The average molecular weight is 410 g/mol. The molecule has 0 spiro atoms. The van der Waals surface area contributed by atoms with Gasteiger partial charge in [0.2, 0.25) is 5.91 Å².